The molecule has 1 aromatic heterocycles. The Hall–Kier alpha value is -1.66. The SMILES string of the molecule is Cc1coc(Sc2ccc(Cl)cc2/C(N)=N/O)n1. The van der Waals surface area contributed by atoms with Crippen LogP contribution in [-0.4, -0.2) is 16.0 Å². The van der Waals surface area contributed by atoms with E-state index in [0.717, 1.165) is 10.6 Å². The minimum Gasteiger partial charge on any atom is -0.439 e. The van der Waals surface area contributed by atoms with Gasteiger partial charge in [-0.15, -0.1) is 0 Å². The molecule has 94 valence electrons. The first kappa shape index (κ1) is 12.8. The van der Waals surface area contributed by atoms with E-state index in [4.69, 9.17) is 27.0 Å². The van der Waals surface area contributed by atoms with Crippen LogP contribution in [0.1, 0.15) is 11.3 Å². The topological polar surface area (TPSA) is 84.6 Å². The number of hydrogen-bond acceptors (Lipinski definition) is 5. The molecule has 0 saturated heterocycles. The molecule has 0 aliphatic carbocycles. The van der Waals surface area contributed by atoms with Gasteiger partial charge in [0.05, 0.1) is 5.69 Å². The molecule has 0 amide bonds. The Morgan fingerprint density at radius 3 is 2.94 bits per heavy atom. The van der Waals surface area contributed by atoms with Gasteiger partial charge in [-0.05, 0) is 36.9 Å². The van der Waals surface area contributed by atoms with Gasteiger partial charge in [0.2, 0.25) is 0 Å². The number of rotatable bonds is 3. The predicted molar refractivity (Wildman–Crippen MR) is 69.3 cm³/mol. The fourth-order valence-electron chi connectivity index (χ4n) is 1.32. The lowest BCUT2D eigenvalue weighted by molar-refractivity contribution is 0.318. The molecular weight excluding hydrogens is 274 g/mol. The maximum atomic E-state index is 8.75. The molecule has 0 aliphatic heterocycles. The monoisotopic (exact) mass is 283 g/mol. The first-order valence-corrected chi connectivity index (χ1v) is 6.17. The highest BCUT2D eigenvalue weighted by molar-refractivity contribution is 7.99. The zero-order chi connectivity index (χ0) is 13.1. The van der Waals surface area contributed by atoms with Crippen molar-refractivity contribution >= 4 is 29.2 Å². The fraction of sp³-hybridized carbons (Fsp3) is 0.0909. The second-order valence-electron chi connectivity index (χ2n) is 3.48. The molecule has 1 heterocycles. The van der Waals surface area contributed by atoms with Crippen LogP contribution in [0.25, 0.3) is 0 Å². The molecule has 0 aliphatic rings. The summed E-state index contributed by atoms with van der Waals surface area (Å²) < 4.78 is 5.24. The number of benzene rings is 1. The van der Waals surface area contributed by atoms with Crippen molar-refractivity contribution in [2.24, 2.45) is 10.9 Å². The summed E-state index contributed by atoms with van der Waals surface area (Å²) in [4.78, 5) is 4.92. The molecule has 0 saturated carbocycles. The number of aromatic nitrogens is 1. The molecule has 0 unspecified atom stereocenters. The van der Waals surface area contributed by atoms with E-state index in [0.29, 0.717) is 15.8 Å². The molecular formula is C11H10ClN3O2S. The quantitative estimate of drug-likeness (QED) is 0.391. The first-order valence-electron chi connectivity index (χ1n) is 4.97. The number of nitrogens with two attached hydrogens (primary N) is 1. The molecule has 0 radical (unpaired) electrons. The van der Waals surface area contributed by atoms with E-state index in [1.54, 1.807) is 24.5 Å². The Labute approximate surface area is 113 Å². The van der Waals surface area contributed by atoms with Crippen molar-refractivity contribution in [3.8, 4) is 0 Å². The van der Waals surface area contributed by atoms with Crippen LogP contribution in [0.4, 0.5) is 0 Å². The van der Waals surface area contributed by atoms with Crippen molar-refractivity contribution in [2.45, 2.75) is 17.0 Å². The number of halogens is 1. The van der Waals surface area contributed by atoms with Crippen molar-refractivity contribution in [3.63, 3.8) is 0 Å². The van der Waals surface area contributed by atoms with Crippen molar-refractivity contribution in [2.75, 3.05) is 0 Å². The lowest BCUT2D eigenvalue weighted by Crippen LogP contribution is -2.14. The number of nitrogens with zero attached hydrogens (tertiary/aromatic N) is 2. The molecule has 0 spiro atoms. The van der Waals surface area contributed by atoms with Crippen molar-refractivity contribution in [1.82, 2.24) is 4.98 Å². The van der Waals surface area contributed by atoms with Crippen LogP contribution in [-0.2, 0) is 0 Å². The predicted octanol–water partition coefficient (Wildman–Crippen LogP) is 2.88. The van der Waals surface area contributed by atoms with Crippen LogP contribution in [0.5, 0.6) is 0 Å². The molecule has 5 nitrogen and oxygen atoms in total. The van der Waals surface area contributed by atoms with E-state index in [1.165, 1.54) is 11.8 Å². The molecule has 0 bridgehead atoms. The first-order chi connectivity index (χ1) is 8.60. The molecule has 7 heteroatoms. The summed E-state index contributed by atoms with van der Waals surface area (Å²) in [5.41, 5.74) is 6.92. The number of hydrogen-bond donors (Lipinski definition) is 2. The highest BCUT2D eigenvalue weighted by Crippen LogP contribution is 2.31. The van der Waals surface area contributed by atoms with E-state index in [9.17, 15) is 0 Å². The zero-order valence-electron chi connectivity index (χ0n) is 9.42. The maximum absolute atomic E-state index is 8.75. The van der Waals surface area contributed by atoms with Gasteiger partial charge in [-0.3, -0.25) is 0 Å². The Morgan fingerprint density at radius 2 is 2.33 bits per heavy atom. The molecule has 3 N–H and O–H groups in total. The van der Waals surface area contributed by atoms with E-state index >= 15 is 0 Å². The van der Waals surface area contributed by atoms with Crippen LogP contribution in [0.2, 0.25) is 5.02 Å². The van der Waals surface area contributed by atoms with Crippen molar-refractivity contribution < 1.29 is 9.62 Å². The standard InChI is InChI=1S/C11H10ClN3O2S/c1-6-5-17-11(14-6)18-9-3-2-7(12)4-8(9)10(13)15-16/h2-5,16H,1H3,(H2,13,15). The van der Waals surface area contributed by atoms with E-state index < -0.39 is 0 Å². The van der Waals surface area contributed by atoms with Gasteiger partial charge >= 0.3 is 0 Å². The molecule has 2 rings (SSSR count). The average Bonchev–Trinajstić information content (AvgIpc) is 2.76. The van der Waals surface area contributed by atoms with Crippen molar-refractivity contribution in [1.29, 1.82) is 0 Å². The summed E-state index contributed by atoms with van der Waals surface area (Å²) in [5, 5.41) is 12.7. The smallest absolute Gasteiger partial charge is 0.260 e. The molecule has 2 aromatic rings. The van der Waals surface area contributed by atoms with Crippen LogP contribution in [0, 0.1) is 6.92 Å². The van der Waals surface area contributed by atoms with E-state index in [1.807, 2.05) is 6.92 Å². The Kier molecular flexibility index (Phi) is 3.78. The van der Waals surface area contributed by atoms with Gasteiger partial charge in [0.1, 0.15) is 6.26 Å². The average molecular weight is 284 g/mol. The van der Waals surface area contributed by atoms with Crippen LogP contribution < -0.4 is 5.73 Å². The largest absolute Gasteiger partial charge is 0.439 e. The van der Waals surface area contributed by atoms with Crippen LogP contribution >= 0.6 is 23.4 Å². The number of aryl methyl sites for hydroxylation is 1. The summed E-state index contributed by atoms with van der Waals surface area (Å²) in [6, 6.07) is 5.10. The number of oxazole rings is 1. The number of amidine groups is 1. The fourth-order valence-corrected chi connectivity index (χ4v) is 2.37. The van der Waals surface area contributed by atoms with Gasteiger partial charge in [-0.25, -0.2) is 4.98 Å². The summed E-state index contributed by atoms with van der Waals surface area (Å²) in [7, 11) is 0. The second kappa shape index (κ2) is 5.32. The third-order valence-corrected chi connectivity index (χ3v) is 3.29. The van der Waals surface area contributed by atoms with E-state index in [2.05, 4.69) is 10.1 Å². The zero-order valence-corrected chi connectivity index (χ0v) is 11.0. The Balaban J connectivity index is 2.38. The van der Waals surface area contributed by atoms with Gasteiger partial charge in [-0.1, -0.05) is 16.8 Å². The Morgan fingerprint density at radius 1 is 1.56 bits per heavy atom. The highest BCUT2D eigenvalue weighted by atomic mass is 35.5. The summed E-state index contributed by atoms with van der Waals surface area (Å²) in [6.45, 7) is 1.83. The molecule has 0 fully saturated rings. The molecule has 0 atom stereocenters. The minimum absolute atomic E-state index is 0.0109. The molecule has 1 aromatic carbocycles. The second-order valence-corrected chi connectivity index (χ2v) is 4.91. The van der Waals surface area contributed by atoms with Gasteiger partial charge < -0.3 is 15.4 Å². The summed E-state index contributed by atoms with van der Waals surface area (Å²) >= 11 is 7.16. The van der Waals surface area contributed by atoms with Gasteiger partial charge in [0.15, 0.2) is 5.84 Å². The van der Waals surface area contributed by atoms with Crippen LogP contribution in [0.3, 0.4) is 0 Å². The lowest BCUT2D eigenvalue weighted by Gasteiger charge is -2.06. The number of oxime groups is 1. The lowest BCUT2D eigenvalue weighted by atomic mass is 10.2. The Bertz CT molecular complexity index is 598. The van der Waals surface area contributed by atoms with Crippen LogP contribution in [0.15, 0.2) is 44.2 Å². The molecule has 18 heavy (non-hydrogen) atoms. The maximum Gasteiger partial charge on any atom is 0.260 e. The van der Waals surface area contributed by atoms with Gasteiger partial charge in [-0.2, -0.15) is 0 Å². The summed E-state index contributed by atoms with van der Waals surface area (Å²) in [6.07, 6.45) is 1.56. The summed E-state index contributed by atoms with van der Waals surface area (Å²) in [5.74, 6) is -0.0109. The van der Waals surface area contributed by atoms with Gasteiger partial charge in [0.25, 0.3) is 5.22 Å². The highest BCUT2D eigenvalue weighted by Gasteiger charge is 2.12. The van der Waals surface area contributed by atoms with E-state index in [-0.39, 0.29) is 5.84 Å². The third-order valence-electron chi connectivity index (χ3n) is 2.12. The minimum atomic E-state index is -0.0109. The third kappa shape index (κ3) is 2.77. The van der Waals surface area contributed by atoms with Gasteiger partial charge in [0, 0.05) is 15.5 Å². The normalized spacial score (nSPS) is 11.8. The van der Waals surface area contributed by atoms with Crippen molar-refractivity contribution in [3.05, 3.63) is 40.7 Å².